The van der Waals surface area contributed by atoms with E-state index < -0.39 is 0 Å². The molecule has 1 aliphatic carbocycles. The molecule has 0 radical (unpaired) electrons. The molecular formula is C13H18FNO. The van der Waals surface area contributed by atoms with Gasteiger partial charge in [-0.25, -0.2) is 4.39 Å². The summed E-state index contributed by atoms with van der Waals surface area (Å²) < 4.78 is 19.1. The van der Waals surface area contributed by atoms with Crippen molar-refractivity contribution < 1.29 is 9.13 Å². The topological polar surface area (TPSA) is 35.2 Å². The molecule has 2 nitrogen and oxygen atoms in total. The SMILES string of the molecule is N[C@H]1CCCCC[C@H]1Oc1ccccc1F. The van der Waals surface area contributed by atoms with Crippen molar-refractivity contribution in [3.63, 3.8) is 0 Å². The van der Waals surface area contributed by atoms with Crippen LogP contribution in [-0.2, 0) is 0 Å². The zero-order valence-electron chi connectivity index (χ0n) is 9.36. The predicted octanol–water partition coefficient (Wildman–Crippen LogP) is 2.86. The first-order chi connectivity index (χ1) is 7.77. The van der Waals surface area contributed by atoms with E-state index in [1.807, 2.05) is 0 Å². The van der Waals surface area contributed by atoms with Crippen LogP contribution in [0.4, 0.5) is 4.39 Å². The van der Waals surface area contributed by atoms with Gasteiger partial charge >= 0.3 is 0 Å². The van der Waals surface area contributed by atoms with Crippen LogP contribution in [-0.4, -0.2) is 12.1 Å². The molecule has 3 heteroatoms. The van der Waals surface area contributed by atoms with Gasteiger partial charge in [0.1, 0.15) is 6.10 Å². The first kappa shape index (κ1) is 11.4. The summed E-state index contributed by atoms with van der Waals surface area (Å²) >= 11 is 0. The highest BCUT2D eigenvalue weighted by atomic mass is 19.1. The third-order valence-corrected chi connectivity index (χ3v) is 3.12. The lowest BCUT2D eigenvalue weighted by atomic mass is 10.1. The number of para-hydroxylation sites is 1. The van der Waals surface area contributed by atoms with Gasteiger partial charge in [-0.2, -0.15) is 0 Å². The van der Waals surface area contributed by atoms with Crippen molar-refractivity contribution in [3.8, 4) is 5.75 Å². The smallest absolute Gasteiger partial charge is 0.165 e. The van der Waals surface area contributed by atoms with Crippen LogP contribution < -0.4 is 10.5 Å². The summed E-state index contributed by atoms with van der Waals surface area (Å²) in [6, 6.07) is 6.54. The molecule has 1 aromatic carbocycles. The van der Waals surface area contributed by atoms with Crippen LogP contribution in [0.3, 0.4) is 0 Å². The zero-order chi connectivity index (χ0) is 11.4. The third kappa shape index (κ3) is 2.73. The van der Waals surface area contributed by atoms with Crippen molar-refractivity contribution in [1.82, 2.24) is 0 Å². The maximum absolute atomic E-state index is 13.4. The van der Waals surface area contributed by atoms with Crippen LogP contribution in [0.5, 0.6) is 5.75 Å². The summed E-state index contributed by atoms with van der Waals surface area (Å²) in [6.07, 6.45) is 5.32. The number of nitrogens with two attached hydrogens (primary N) is 1. The van der Waals surface area contributed by atoms with E-state index in [2.05, 4.69) is 0 Å². The predicted molar refractivity (Wildman–Crippen MR) is 61.9 cm³/mol. The molecule has 0 aromatic heterocycles. The second-order valence-corrected chi connectivity index (χ2v) is 4.39. The highest BCUT2D eigenvalue weighted by Gasteiger charge is 2.22. The molecule has 2 N–H and O–H groups in total. The van der Waals surface area contributed by atoms with Gasteiger partial charge in [0.15, 0.2) is 11.6 Å². The lowest BCUT2D eigenvalue weighted by Crippen LogP contribution is -2.38. The van der Waals surface area contributed by atoms with Crippen molar-refractivity contribution >= 4 is 0 Å². The van der Waals surface area contributed by atoms with E-state index in [1.165, 1.54) is 12.5 Å². The summed E-state index contributed by atoms with van der Waals surface area (Å²) in [4.78, 5) is 0. The highest BCUT2D eigenvalue weighted by Crippen LogP contribution is 2.24. The van der Waals surface area contributed by atoms with E-state index in [-0.39, 0.29) is 18.0 Å². The molecule has 16 heavy (non-hydrogen) atoms. The van der Waals surface area contributed by atoms with Crippen molar-refractivity contribution in [2.24, 2.45) is 5.73 Å². The van der Waals surface area contributed by atoms with Gasteiger partial charge < -0.3 is 10.5 Å². The molecular weight excluding hydrogens is 205 g/mol. The molecule has 0 aliphatic heterocycles. The van der Waals surface area contributed by atoms with Gasteiger partial charge in [-0.1, -0.05) is 25.0 Å². The monoisotopic (exact) mass is 223 g/mol. The second kappa shape index (κ2) is 5.30. The fourth-order valence-electron chi connectivity index (χ4n) is 2.15. The van der Waals surface area contributed by atoms with E-state index in [1.54, 1.807) is 18.2 Å². The molecule has 2 atom stereocenters. The molecule has 0 amide bonds. The van der Waals surface area contributed by atoms with Crippen molar-refractivity contribution in [2.75, 3.05) is 0 Å². The fraction of sp³-hybridized carbons (Fsp3) is 0.538. The average Bonchev–Trinajstić information content (AvgIpc) is 2.48. The molecule has 0 unspecified atom stereocenters. The first-order valence-electron chi connectivity index (χ1n) is 5.94. The Kier molecular flexibility index (Phi) is 3.78. The maximum atomic E-state index is 13.4. The Morgan fingerprint density at radius 2 is 1.88 bits per heavy atom. The zero-order valence-corrected chi connectivity index (χ0v) is 9.36. The lowest BCUT2D eigenvalue weighted by Gasteiger charge is -2.23. The molecule has 0 heterocycles. The Labute approximate surface area is 95.6 Å². The normalized spacial score (nSPS) is 26.1. The lowest BCUT2D eigenvalue weighted by molar-refractivity contribution is 0.156. The van der Waals surface area contributed by atoms with Gasteiger partial charge in [0.2, 0.25) is 0 Å². The van der Waals surface area contributed by atoms with E-state index in [4.69, 9.17) is 10.5 Å². The van der Waals surface area contributed by atoms with Gasteiger partial charge in [0.25, 0.3) is 0 Å². The van der Waals surface area contributed by atoms with Gasteiger partial charge in [0.05, 0.1) is 0 Å². The molecule has 1 aliphatic rings. The van der Waals surface area contributed by atoms with Crippen LogP contribution in [0, 0.1) is 5.82 Å². The molecule has 1 aromatic rings. The van der Waals surface area contributed by atoms with Crippen molar-refractivity contribution in [2.45, 2.75) is 44.2 Å². The first-order valence-corrected chi connectivity index (χ1v) is 5.94. The summed E-state index contributed by atoms with van der Waals surface area (Å²) in [6.45, 7) is 0. The standard InChI is InChI=1S/C13H18FNO/c14-10-6-4-5-8-12(10)16-13-9-3-1-2-7-11(13)15/h4-6,8,11,13H,1-3,7,9,15H2/t11-,13+/m0/s1. The molecule has 88 valence electrons. The van der Waals surface area contributed by atoms with Crippen LogP contribution >= 0.6 is 0 Å². The number of benzene rings is 1. The summed E-state index contributed by atoms with van der Waals surface area (Å²) in [7, 11) is 0. The highest BCUT2D eigenvalue weighted by molar-refractivity contribution is 5.24. The van der Waals surface area contributed by atoms with Crippen LogP contribution in [0.15, 0.2) is 24.3 Å². The van der Waals surface area contributed by atoms with Crippen LogP contribution in [0.1, 0.15) is 32.1 Å². The average molecular weight is 223 g/mol. The number of ether oxygens (including phenoxy) is 1. The Bertz CT molecular complexity index is 342. The van der Waals surface area contributed by atoms with E-state index in [0.717, 1.165) is 25.7 Å². The third-order valence-electron chi connectivity index (χ3n) is 3.12. The van der Waals surface area contributed by atoms with E-state index in [9.17, 15) is 4.39 Å². The van der Waals surface area contributed by atoms with Gasteiger partial charge in [-0.3, -0.25) is 0 Å². The van der Waals surface area contributed by atoms with E-state index in [0.29, 0.717) is 5.75 Å². The van der Waals surface area contributed by atoms with Gasteiger partial charge in [-0.15, -0.1) is 0 Å². The fourth-order valence-corrected chi connectivity index (χ4v) is 2.15. The largest absolute Gasteiger partial charge is 0.486 e. The minimum atomic E-state index is -0.307. The van der Waals surface area contributed by atoms with Gasteiger partial charge in [-0.05, 0) is 31.4 Å². The summed E-state index contributed by atoms with van der Waals surface area (Å²) in [5.41, 5.74) is 6.03. The summed E-state index contributed by atoms with van der Waals surface area (Å²) in [5.74, 6) is 0.0174. The summed E-state index contributed by atoms with van der Waals surface area (Å²) in [5, 5.41) is 0. The number of hydrogen-bond donors (Lipinski definition) is 1. The Balaban J connectivity index is 2.05. The number of rotatable bonds is 2. The maximum Gasteiger partial charge on any atom is 0.165 e. The minimum Gasteiger partial charge on any atom is -0.486 e. The number of hydrogen-bond acceptors (Lipinski definition) is 2. The van der Waals surface area contributed by atoms with E-state index >= 15 is 0 Å². The number of halogens is 1. The molecule has 1 fully saturated rings. The second-order valence-electron chi connectivity index (χ2n) is 4.39. The molecule has 2 rings (SSSR count). The Hall–Kier alpha value is -1.09. The Morgan fingerprint density at radius 1 is 1.12 bits per heavy atom. The minimum absolute atomic E-state index is 0.0297. The van der Waals surface area contributed by atoms with Crippen molar-refractivity contribution in [3.05, 3.63) is 30.1 Å². The molecule has 0 saturated heterocycles. The van der Waals surface area contributed by atoms with Gasteiger partial charge in [0, 0.05) is 6.04 Å². The quantitative estimate of drug-likeness (QED) is 0.782. The van der Waals surface area contributed by atoms with Crippen LogP contribution in [0.25, 0.3) is 0 Å². The van der Waals surface area contributed by atoms with Crippen molar-refractivity contribution in [1.29, 1.82) is 0 Å². The Morgan fingerprint density at radius 3 is 2.69 bits per heavy atom. The van der Waals surface area contributed by atoms with Crippen LogP contribution in [0.2, 0.25) is 0 Å². The molecule has 0 spiro atoms. The molecule has 0 bridgehead atoms. The molecule has 1 saturated carbocycles.